The number of amides is 2. The maximum Gasteiger partial charge on any atom is 0.243 e. The molecule has 0 radical (unpaired) electrons. The fourth-order valence-electron chi connectivity index (χ4n) is 1.88. The second-order valence-corrected chi connectivity index (χ2v) is 7.18. The van der Waals surface area contributed by atoms with E-state index < -0.39 is 4.32 Å². The van der Waals surface area contributed by atoms with Crippen molar-refractivity contribution in [1.82, 2.24) is 4.90 Å². The topological polar surface area (TPSA) is 49.4 Å². The van der Waals surface area contributed by atoms with E-state index in [4.69, 9.17) is 0 Å². The van der Waals surface area contributed by atoms with Crippen LogP contribution in [0.5, 0.6) is 0 Å². The number of aryl methyl sites for hydroxylation is 1. The van der Waals surface area contributed by atoms with Crippen LogP contribution in [0.15, 0.2) is 24.3 Å². The quantitative estimate of drug-likeness (QED) is 0.838. The molecule has 0 saturated carbocycles. The van der Waals surface area contributed by atoms with Gasteiger partial charge in [0.25, 0.3) is 0 Å². The van der Waals surface area contributed by atoms with Gasteiger partial charge in [0.15, 0.2) is 0 Å². The van der Waals surface area contributed by atoms with E-state index in [1.807, 2.05) is 31.2 Å². The van der Waals surface area contributed by atoms with Gasteiger partial charge in [-0.15, -0.1) is 0 Å². The van der Waals surface area contributed by atoms with Crippen molar-refractivity contribution in [2.45, 2.75) is 31.5 Å². The summed E-state index contributed by atoms with van der Waals surface area (Å²) in [5.41, 5.74) is 1.88. The first-order valence-electron chi connectivity index (χ1n) is 6.58. The lowest BCUT2D eigenvalue weighted by molar-refractivity contribution is -0.134. The highest BCUT2D eigenvalue weighted by molar-refractivity contribution is 9.10. The van der Waals surface area contributed by atoms with Gasteiger partial charge in [-0.05, 0) is 31.9 Å². The van der Waals surface area contributed by atoms with Crippen molar-refractivity contribution in [3.8, 4) is 0 Å². The highest BCUT2D eigenvalue weighted by Crippen LogP contribution is 2.19. The Kier molecular flexibility index (Phi) is 5.74. The molecule has 110 valence electrons. The van der Waals surface area contributed by atoms with Crippen LogP contribution in [-0.2, 0) is 16.0 Å². The zero-order valence-corrected chi connectivity index (χ0v) is 14.0. The van der Waals surface area contributed by atoms with Gasteiger partial charge in [0.1, 0.15) is 0 Å². The first kappa shape index (κ1) is 16.7. The average Bonchev–Trinajstić information content (AvgIpc) is 2.37. The molecular formula is C15H21BrN2O2. The lowest BCUT2D eigenvalue weighted by Crippen LogP contribution is -2.43. The Labute approximate surface area is 128 Å². The number of hydrogen-bond donors (Lipinski definition) is 1. The molecule has 0 bridgehead atoms. The first-order chi connectivity index (χ1) is 9.25. The number of para-hydroxylation sites is 1. The third-order valence-corrected chi connectivity index (χ3v) is 3.25. The van der Waals surface area contributed by atoms with Crippen LogP contribution in [0.2, 0.25) is 0 Å². The number of anilines is 1. The predicted octanol–water partition coefficient (Wildman–Crippen LogP) is 2.82. The molecule has 0 spiro atoms. The molecule has 0 heterocycles. The Morgan fingerprint density at radius 3 is 2.45 bits per heavy atom. The van der Waals surface area contributed by atoms with E-state index in [0.29, 0.717) is 0 Å². The first-order valence-corrected chi connectivity index (χ1v) is 7.37. The zero-order chi connectivity index (χ0) is 15.3. The summed E-state index contributed by atoms with van der Waals surface area (Å²) < 4.78 is -0.663. The van der Waals surface area contributed by atoms with E-state index in [-0.39, 0.29) is 18.4 Å². The fourth-order valence-corrected chi connectivity index (χ4v) is 2.18. The number of carbonyl (C=O) groups is 2. The molecule has 0 unspecified atom stereocenters. The number of nitrogens with zero attached hydrogens (tertiary/aromatic N) is 1. The minimum absolute atomic E-state index is 0.0336. The van der Waals surface area contributed by atoms with Crippen LogP contribution in [0.4, 0.5) is 5.69 Å². The van der Waals surface area contributed by atoms with Gasteiger partial charge < -0.3 is 10.2 Å². The van der Waals surface area contributed by atoms with Crippen LogP contribution < -0.4 is 5.32 Å². The molecule has 0 fully saturated rings. The minimum atomic E-state index is -0.663. The van der Waals surface area contributed by atoms with E-state index in [9.17, 15) is 9.59 Å². The Morgan fingerprint density at radius 1 is 1.30 bits per heavy atom. The molecule has 1 rings (SSSR count). The molecular weight excluding hydrogens is 320 g/mol. The molecule has 0 atom stereocenters. The lowest BCUT2D eigenvalue weighted by Gasteiger charge is -2.24. The molecule has 0 aliphatic carbocycles. The van der Waals surface area contributed by atoms with Gasteiger partial charge in [0.05, 0.1) is 10.9 Å². The van der Waals surface area contributed by atoms with Gasteiger partial charge in [0, 0.05) is 12.7 Å². The van der Waals surface area contributed by atoms with E-state index in [0.717, 1.165) is 17.7 Å². The second kappa shape index (κ2) is 6.88. The van der Waals surface area contributed by atoms with E-state index in [1.54, 1.807) is 20.9 Å². The summed E-state index contributed by atoms with van der Waals surface area (Å²) in [5, 5.41) is 2.85. The minimum Gasteiger partial charge on any atom is -0.335 e. The highest BCUT2D eigenvalue weighted by Gasteiger charge is 2.28. The molecule has 4 nitrogen and oxygen atoms in total. The zero-order valence-electron chi connectivity index (χ0n) is 12.4. The number of halogens is 1. The smallest absolute Gasteiger partial charge is 0.243 e. The Bertz CT molecular complexity index is 495. The second-order valence-electron chi connectivity index (χ2n) is 5.19. The SMILES string of the molecule is CCc1ccccc1NC(=O)CN(C)C(=O)C(C)(C)Br. The van der Waals surface area contributed by atoms with Crippen LogP contribution in [0.1, 0.15) is 26.3 Å². The summed E-state index contributed by atoms with van der Waals surface area (Å²) in [6, 6.07) is 7.67. The number of likely N-dealkylation sites (N-methyl/N-ethyl adjacent to an activating group) is 1. The Hall–Kier alpha value is -1.36. The number of carbonyl (C=O) groups excluding carboxylic acids is 2. The van der Waals surface area contributed by atoms with Gasteiger partial charge in [-0.25, -0.2) is 0 Å². The molecule has 20 heavy (non-hydrogen) atoms. The summed E-state index contributed by atoms with van der Waals surface area (Å²) in [5.74, 6) is -0.324. The number of hydrogen-bond acceptors (Lipinski definition) is 2. The predicted molar refractivity (Wildman–Crippen MR) is 85.1 cm³/mol. The molecule has 0 aliphatic rings. The van der Waals surface area contributed by atoms with Crippen molar-refractivity contribution < 1.29 is 9.59 Å². The molecule has 2 amide bonds. The van der Waals surface area contributed by atoms with Gasteiger partial charge in [-0.3, -0.25) is 9.59 Å². The molecule has 1 aromatic rings. The summed E-state index contributed by atoms with van der Waals surface area (Å²) in [7, 11) is 1.62. The Balaban J connectivity index is 2.67. The molecule has 0 saturated heterocycles. The largest absolute Gasteiger partial charge is 0.335 e. The third-order valence-electron chi connectivity index (χ3n) is 2.91. The maximum atomic E-state index is 12.0. The molecule has 0 aromatic heterocycles. The van der Waals surface area contributed by atoms with Gasteiger partial charge in [0.2, 0.25) is 11.8 Å². The van der Waals surface area contributed by atoms with Crippen molar-refractivity contribution in [3.05, 3.63) is 29.8 Å². The Morgan fingerprint density at radius 2 is 1.90 bits per heavy atom. The van der Waals surface area contributed by atoms with Gasteiger partial charge in [-0.1, -0.05) is 41.1 Å². The number of benzene rings is 1. The van der Waals surface area contributed by atoms with Crippen molar-refractivity contribution in [2.75, 3.05) is 18.9 Å². The van der Waals surface area contributed by atoms with E-state index >= 15 is 0 Å². The fraction of sp³-hybridized carbons (Fsp3) is 0.467. The summed E-state index contributed by atoms with van der Waals surface area (Å²) in [4.78, 5) is 25.4. The van der Waals surface area contributed by atoms with Crippen LogP contribution in [0.25, 0.3) is 0 Å². The van der Waals surface area contributed by atoms with Crippen LogP contribution in [-0.4, -0.2) is 34.6 Å². The van der Waals surface area contributed by atoms with Gasteiger partial charge in [-0.2, -0.15) is 0 Å². The molecule has 0 aliphatic heterocycles. The normalized spacial score (nSPS) is 11.1. The maximum absolute atomic E-state index is 12.0. The summed E-state index contributed by atoms with van der Waals surface area (Å²) >= 11 is 3.30. The molecule has 1 aromatic carbocycles. The van der Waals surface area contributed by atoms with E-state index in [2.05, 4.69) is 21.2 Å². The van der Waals surface area contributed by atoms with Crippen LogP contribution in [0, 0.1) is 0 Å². The third kappa shape index (κ3) is 4.63. The summed E-state index contributed by atoms with van der Waals surface area (Å²) in [6.45, 7) is 5.59. The molecule has 1 N–H and O–H groups in total. The van der Waals surface area contributed by atoms with E-state index in [1.165, 1.54) is 4.90 Å². The average molecular weight is 341 g/mol. The van der Waals surface area contributed by atoms with Gasteiger partial charge >= 0.3 is 0 Å². The number of rotatable bonds is 5. The monoisotopic (exact) mass is 340 g/mol. The van der Waals surface area contributed by atoms with Crippen LogP contribution >= 0.6 is 15.9 Å². The van der Waals surface area contributed by atoms with Crippen molar-refractivity contribution in [2.24, 2.45) is 0 Å². The van der Waals surface area contributed by atoms with Crippen molar-refractivity contribution in [3.63, 3.8) is 0 Å². The van der Waals surface area contributed by atoms with Crippen molar-refractivity contribution in [1.29, 1.82) is 0 Å². The highest BCUT2D eigenvalue weighted by atomic mass is 79.9. The van der Waals surface area contributed by atoms with Crippen LogP contribution in [0.3, 0.4) is 0 Å². The lowest BCUT2D eigenvalue weighted by atomic mass is 10.1. The number of nitrogens with one attached hydrogen (secondary N) is 1. The molecule has 5 heteroatoms. The van der Waals surface area contributed by atoms with Crippen molar-refractivity contribution >= 4 is 33.4 Å². The standard InChI is InChI=1S/C15H21BrN2O2/c1-5-11-8-6-7-9-12(11)17-13(19)10-18(4)14(20)15(2,3)16/h6-9H,5,10H2,1-4H3,(H,17,19). The summed E-state index contributed by atoms with van der Waals surface area (Å²) in [6.07, 6.45) is 0.847. The number of alkyl halides is 1.